The van der Waals surface area contributed by atoms with Gasteiger partial charge in [-0.05, 0) is 23.8 Å². The van der Waals surface area contributed by atoms with Crippen LogP contribution in [0.2, 0.25) is 0 Å². The fraction of sp³-hybridized carbons (Fsp3) is 0.0714. The first-order valence-electron chi connectivity index (χ1n) is 5.51. The normalized spacial score (nSPS) is 10.6. The SMILES string of the molecule is COC(=O)c1cccc(/C=C/C(=O)c2nccs2)c1. The van der Waals surface area contributed by atoms with Gasteiger partial charge in [-0.25, -0.2) is 9.78 Å². The first-order valence-corrected chi connectivity index (χ1v) is 6.39. The number of nitrogens with zero attached hydrogens (tertiary/aromatic N) is 1. The van der Waals surface area contributed by atoms with Crippen molar-refractivity contribution in [1.82, 2.24) is 4.98 Å². The lowest BCUT2D eigenvalue weighted by atomic mass is 10.1. The third-order valence-corrected chi connectivity index (χ3v) is 3.17. The molecule has 0 N–H and O–H groups in total. The maximum atomic E-state index is 11.7. The van der Waals surface area contributed by atoms with Gasteiger partial charge in [0.15, 0.2) is 5.01 Å². The van der Waals surface area contributed by atoms with Gasteiger partial charge in [0.05, 0.1) is 12.7 Å². The Morgan fingerprint density at radius 1 is 1.37 bits per heavy atom. The van der Waals surface area contributed by atoms with Crippen molar-refractivity contribution in [1.29, 1.82) is 0 Å². The lowest BCUT2D eigenvalue weighted by molar-refractivity contribution is 0.0600. The molecule has 1 aromatic carbocycles. The number of ketones is 1. The molecule has 0 aliphatic carbocycles. The summed E-state index contributed by atoms with van der Waals surface area (Å²) >= 11 is 1.29. The zero-order valence-corrected chi connectivity index (χ0v) is 11.0. The molecule has 0 amide bonds. The maximum Gasteiger partial charge on any atom is 0.337 e. The Labute approximate surface area is 114 Å². The molecule has 5 heteroatoms. The van der Waals surface area contributed by atoms with E-state index in [1.807, 2.05) is 0 Å². The first-order chi connectivity index (χ1) is 9.20. The Morgan fingerprint density at radius 3 is 2.89 bits per heavy atom. The fourth-order valence-corrected chi connectivity index (χ4v) is 2.03. The molecule has 0 saturated carbocycles. The number of aromatic nitrogens is 1. The van der Waals surface area contributed by atoms with E-state index in [2.05, 4.69) is 9.72 Å². The van der Waals surface area contributed by atoms with Crippen LogP contribution < -0.4 is 0 Å². The number of esters is 1. The molecule has 96 valence electrons. The molecular weight excluding hydrogens is 262 g/mol. The molecule has 1 heterocycles. The summed E-state index contributed by atoms with van der Waals surface area (Å²) in [6.45, 7) is 0. The minimum atomic E-state index is -0.401. The summed E-state index contributed by atoms with van der Waals surface area (Å²) in [4.78, 5) is 27.0. The lowest BCUT2D eigenvalue weighted by Crippen LogP contribution is -2.00. The number of allylic oxidation sites excluding steroid dienone is 1. The third kappa shape index (κ3) is 3.35. The largest absolute Gasteiger partial charge is 0.465 e. The highest BCUT2D eigenvalue weighted by Gasteiger charge is 2.06. The van der Waals surface area contributed by atoms with E-state index in [4.69, 9.17) is 0 Å². The summed E-state index contributed by atoms with van der Waals surface area (Å²) in [6.07, 6.45) is 4.68. The highest BCUT2D eigenvalue weighted by atomic mass is 32.1. The first kappa shape index (κ1) is 13.2. The summed E-state index contributed by atoms with van der Waals surface area (Å²) in [5.74, 6) is -0.556. The Balaban J connectivity index is 2.15. The van der Waals surface area contributed by atoms with E-state index >= 15 is 0 Å². The van der Waals surface area contributed by atoms with Crippen molar-refractivity contribution in [2.75, 3.05) is 7.11 Å². The van der Waals surface area contributed by atoms with Gasteiger partial charge in [-0.15, -0.1) is 11.3 Å². The van der Waals surface area contributed by atoms with Gasteiger partial charge in [0.25, 0.3) is 0 Å². The monoisotopic (exact) mass is 273 g/mol. The Morgan fingerprint density at radius 2 is 2.21 bits per heavy atom. The molecule has 0 bridgehead atoms. The number of thiazole rings is 1. The van der Waals surface area contributed by atoms with E-state index in [0.717, 1.165) is 5.56 Å². The van der Waals surface area contributed by atoms with E-state index in [-0.39, 0.29) is 5.78 Å². The van der Waals surface area contributed by atoms with Crippen LogP contribution in [0.3, 0.4) is 0 Å². The van der Waals surface area contributed by atoms with Crippen LogP contribution in [-0.2, 0) is 4.74 Å². The van der Waals surface area contributed by atoms with Crippen LogP contribution in [0.15, 0.2) is 41.9 Å². The lowest BCUT2D eigenvalue weighted by Gasteiger charge is -1.99. The summed E-state index contributed by atoms with van der Waals surface area (Å²) in [7, 11) is 1.33. The summed E-state index contributed by atoms with van der Waals surface area (Å²) in [6, 6.07) is 6.86. The third-order valence-electron chi connectivity index (χ3n) is 2.38. The summed E-state index contributed by atoms with van der Waals surface area (Å²) in [5, 5.41) is 2.19. The van der Waals surface area contributed by atoms with Gasteiger partial charge in [0.2, 0.25) is 5.78 Å². The maximum absolute atomic E-state index is 11.7. The van der Waals surface area contributed by atoms with Crippen molar-refractivity contribution in [2.24, 2.45) is 0 Å². The molecule has 19 heavy (non-hydrogen) atoms. The molecule has 2 aromatic rings. The van der Waals surface area contributed by atoms with Gasteiger partial charge < -0.3 is 4.74 Å². The van der Waals surface area contributed by atoms with Crippen molar-refractivity contribution < 1.29 is 14.3 Å². The predicted octanol–water partition coefficient (Wildman–Crippen LogP) is 2.83. The minimum Gasteiger partial charge on any atom is -0.465 e. The molecule has 0 aliphatic rings. The highest BCUT2D eigenvalue weighted by Crippen LogP contribution is 2.10. The molecule has 0 saturated heterocycles. The number of rotatable bonds is 4. The van der Waals surface area contributed by atoms with Crippen LogP contribution in [0.4, 0.5) is 0 Å². The highest BCUT2D eigenvalue weighted by molar-refractivity contribution is 7.11. The van der Waals surface area contributed by atoms with Crippen molar-refractivity contribution in [3.05, 3.63) is 58.1 Å². The molecule has 0 fully saturated rings. The zero-order chi connectivity index (χ0) is 13.7. The summed E-state index contributed by atoms with van der Waals surface area (Å²) in [5.41, 5.74) is 1.21. The molecule has 2 rings (SSSR count). The second kappa shape index (κ2) is 6.06. The van der Waals surface area contributed by atoms with Gasteiger partial charge in [0.1, 0.15) is 0 Å². The Hall–Kier alpha value is -2.27. The second-order valence-corrected chi connectivity index (χ2v) is 4.55. The van der Waals surface area contributed by atoms with Crippen LogP contribution in [0.1, 0.15) is 25.7 Å². The van der Waals surface area contributed by atoms with Crippen LogP contribution in [-0.4, -0.2) is 23.8 Å². The van der Waals surface area contributed by atoms with E-state index in [1.165, 1.54) is 24.5 Å². The van der Waals surface area contributed by atoms with Crippen molar-refractivity contribution in [2.45, 2.75) is 0 Å². The number of benzene rings is 1. The second-order valence-electron chi connectivity index (χ2n) is 3.65. The minimum absolute atomic E-state index is 0.154. The van der Waals surface area contributed by atoms with Gasteiger partial charge in [0, 0.05) is 11.6 Å². The van der Waals surface area contributed by atoms with Crippen LogP contribution >= 0.6 is 11.3 Å². The predicted molar refractivity (Wildman–Crippen MR) is 73.3 cm³/mol. The van der Waals surface area contributed by atoms with E-state index in [0.29, 0.717) is 10.6 Å². The molecule has 0 spiro atoms. The van der Waals surface area contributed by atoms with Crippen LogP contribution in [0, 0.1) is 0 Å². The number of carbonyl (C=O) groups excluding carboxylic acids is 2. The van der Waals surface area contributed by atoms with Crippen molar-refractivity contribution >= 4 is 29.2 Å². The average molecular weight is 273 g/mol. The molecule has 4 nitrogen and oxygen atoms in total. The fourth-order valence-electron chi connectivity index (χ4n) is 1.48. The zero-order valence-electron chi connectivity index (χ0n) is 10.2. The quantitative estimate of drug-likeness (QED) is 0.488. The van der Waals surface area contributed by atoms with E-state index in [9.17, 15) is 9.59 Å². The Bertz CT molecular complexity index is 617. The molecule has 0 radical (unpaired) electrons. The van der Waals surface area contributed by atoms with Crippen LogP contribution in [0.25, 0.3) is 6.08 Å². The van der Waals surface area contributed by atoms with Gasteiger partial charge in [-0.3, -0.25) is 4.79 Å². The molecular formula is C14H11NO3S. The number of hydrogen-bond donors (Lipinski definition) is 0. The standard InChI is InChI=1S/C14H11NO3S/c1-18-14(17)11-4-2-3-10(9-11)5-6-12(16)13-15-7-8-19-13/h2-9H,1H3/b6-5+. The van der Waals surface area contributed by atoms with Crippen molar-refractivity contribution in [3.8, 4) is 0 Å². The smallest absolute Gasteiger partial charge is 0.337 e. The van der Waals surface area contributed by atoms with E-state index in [1.54, 1.807) is 41.9 Å². The molecule has 0 aliphatic heterocycles. The summed E-state index contributed by atoms with van der Waals surface area (Å²) < 4.78 is 4.64. The van der Waals surface area contributed by atoms with Gasteiger partial charge >= 0.3 is 5.97 Å². The molecule has 1 aromatic heterocycles. The number of hydrogen-bond acceptors (Lipinski definition) is 5. The molecule has 0 unspecified atom stereocenters. The van der Waals surface area contributed by atoms with Crippen molar-refractivity contribution in [3.63, 3.8) is 0 Å². The Kier molecular flexibility index (Phi) is 4.20. The number of methoxy groups -OCH3 is 1. The number of carbonyl (C=O) groups is 2. The van der Waals surface area contributed by atoms with Gasteiger partial charge in [-0.1, -0.05) is 18.2 Å². The van der Waals surface area contributed by atoms with Crippen LogP contribution in [0.5, 0.6) is 0 Å². The average Bonchev–Trinajstić information content (AvgIpc) is 2.98. The van der Waals surface area contributed by atoms with Gasteiger partial charge in [-0.2, -0.15) is 0 Å². The molecule has 0 atom stereocenters. The number of ether oxygens (including phenoxy) is 1. The van der Waals surface area contributed by atoms with E-state index < -0.39 is 5.97 Å². The topological polar surface area (TPSA) is 56.3 Å².